The van der Waals surface area contributed by atoms with Gasteiger partial charge in [-0.05, 0) is 61.7 Å². The van der Waals surface area contributed by atoms with Gasteiger partial charge in [0.1, 0.15) is 11.3 Å². The second-order valence-corrected chi connectivity index (χ2v) is 6.24. The van der Waals surface area contributed by atoms with Crippen LogP contribution in [-0.4, -0.2) is 5.97 Å². The molecule has 0 radical (unpaired) electrons. The lowest BCUT2D eigenvalue weighted by molar-refractivity contribution is -0.133. The molecule has 0 N–H and O–H groups in total. The number of carbonyl (C=O) groups is 1. The molecule has 1 heterocycles. The molecule has 0 fully saturated rings. The van der Waals surface area contributed by atoms with E-state index >= 15 is 0 Å². The lowest BCUT2D eigenvalue weighted by Crippen LogP contribution is -2.11. The highest BCUT2D eigenvalue weighted by Crippen LogP contribution is 2.28. The second kappa shape index (κ2) is 6.09. The van der Waals surface area contributed by atoms with E-state index in [1.807, 2.05) is 51.1 Å². The average Bonchev–Trinajstić information content (AvgIpc) is 2.80. The largest absolute Gasteiger partial charge is 0.464 e. The molecule has 23 heavy (non-hydrogen) atoms. The molecule has 1 aromatic heterocycles. The minimum absolute atomic E-state index is 0.138. The summed E-state index contributed by atoms with van der Waals surface area (Å²) in [6, 6.07) is 9.42. The first-order chi connectivity index (χ1) is 10.9. The Kier molecular flexibility index (Phi) is 4.14. The number of furan rings is 1. The van der Waals surface area contributed by atoms with Crippen molar-refractivity contribution in [2.75, 3.05) is 0 Å². The first-order valence-electron chi connectivity index (χ1n) is 7.37. The van der Waals surface area contributed by atoms with Gasteiger partial charge in [-0.3, -0.25) is 4.79 Å². The Bertz CT molecular complexity index is 873. The second-order valence-electron chi connectivity index (χ2n) is 5.83. The van der Waals surface area contributed by atoms with Gasteiger partial charge < -0.3 is 9.15 Å². The molecule has 0 aliphatic heterocycles. The zero-order valence-corrected chi connectivity index (χ0v) is 14.0. The monoisotopic (exact) mass is 328 g/mol. The van der Waals surface area contributed by atoms with E-state index in [9.17, 15) is 4.79 Å². The molecule has 0 amide bonds. The van der Waals surface area contributed by atoms with E-state index in [-0.39, 0.29) is 12.4 Å². The summed E-state index contributed by atoms with van der Waals surface area (Å²) in [6.45, 7) is 5.86. The van der Waals surface area contributed by atoms with Crippen molar-refractivity contribution in [1.82, 2.24) is 0 Å². The average molecular weight is 329 g/mol. The molecule has 0 saturated carbocycles. The predicted molar refractivity (Wildman–Crippen MR) is 91.2 cm³/mol. The Labute approximate surface area is 139 Å². The summed E-state index contributed by atoms with van der Waals surface area (Å²) >= 11 is 6.16. The summed E-state index contributed by atoms with van der Waals surface area (Å²) in [5.74, 6) is 0.239. The van der Waals surface area contributed by atoms with Crippen molar-refractivity contribution in [3.8, 4) is 5.75 Å². The van der Waals surface area contributed by atoms with Gasteiger partial charge in [0.15, 0.2) is 0 Å². The van der Waals surface area contributed by atoms with Gasteiger partial charge >= 0.3 is 5.97 Å². The molecular weight excluding hydrogens is 312 g/mol. The van der Waals surface area contributed by atoms with Crippen molar-refractivity contribution in [2.45, 2.75) is 27.2 Å². The van der Waals surface area contributed by atoms with Crippen molar-refractivity contribution in [3.63, 3.8) is 0 Å². The number of hydrogen-bond acceptors (Lipinski definition) is 3. The Balaban J connectivity index is 1.81. The normalized spacial score (nSPS) is 11.0. The van der Waals surface area contributed by atoms with Crippen LogP contribution in [0.4, 0.5) is 0 Å². The maximum absolute atomic E-state index is 12.2. The summed E-state index contributed by atoms with van der Waals surface area (Å²) in [6.07, 6.45) is 1.72. The molecule has 3 aromatic rings. The first-order valence-corrected chi connectivity index (χ1v) is 7.75. The van der Waals surface area contributed by atoms with Crippen LogP contribution in [0, 0.1) is 20.8 Å². The molecule has 2 aromatic carbocycles. The fourth-order valence-electron chi connectivity index (χ4n) is 2.65. The van der Waals surface area contributed by atoms with Crippen molar-refractivity contribution < 1.29 is 13.9 Å². The number of halogens is 1. The molecule has 0 aliphatic carbocycles. The van der Waals surface area contributed by atoms with E-state index in [1.165, 1.54) is 0 Å². The summed E-state index contributed by atoms with van der Waals surface area (Å²) in [7, 11) is 0. The summed E-state index contributed by atoms with van der Waals surface area (Å²) < 4.78 is 10.9. The number of ether oxygens (including phenoxy) is 1. The lowest BCUT2D eigenvalue weighted by Gasteiger charge is -2.06. The minimum Gasteiger partial charge on any atom is -0.464 e. The summed E-state index contributed by atoms with van der Waals surface area (Å²) in [4.78, 5) is 12.2. The lowest BCUT2D eigenvalue weighted by atomic mass is 10.1. The van der Waals surface area contributed by atoms with Crippen molar-refractivity contribution in [1.29, 1.82) is 0 Å². The third-order valence-electron chi connectivity index (χ3n) is 3.70. The van der Waals surface area contributed by atoms with Gasteiger partial charge in [0.05, 0.1) is 12.7 Å². The molecular formula is C19H17ClO3. The zero-order chi connectivity index (χ0) is 16.6. The van der Waals surface area contributed by atoms with E-state index in [0.29, 0.717) is 10.8 Å². The fraction of sp³-hybridized carbons (Fsp3) is 0.211. The highest BCUT2D eigenvalue weighted by Gasteiger charge is 2.14. The summed E-state index contributed by atoms with van der Waals surface area (Å²) in [5.41, 5.74) is 4.56. The van der Waals surface area contributed by atoms with Crippen LogP contribution in [0.25, 0.3) is 11.0 Å². The number of carbonyl (C=O) groups excluding carboxylic acids is 1. The minimum atomic E-state index is -0.325. The Morgan fingerprint density at radius 2 is 1.78 bits per heavy atom. The maximum atomic E-state index is 12.2. The Morgan fingerprint density at radius 3 is 2.48 bits per heavy atom. The van der Waals surface area contributed by atoms with Crippen LogP contribution in [0.1, 0.15) is 22.3 Å². The number of benzene rings is 2. The number of rotatable bonds is 3. The SMILES string of the molecule is Cc1cc(C)cc(OC(=O)Cc2coc3cc(C)c(Cl)cc23)c1. The molecule has 3 nitrogen and oxygen atoms in total. The topological polar surface area (TPSA) is 39.4 Å². The molecule has 0 unspecified atom stereocenters. The van der Waals surface area contributed by atoms with Crippen LogP contribution in [0.15, 0.2) is 41.0 Å². The van der Waals surface area contributed by atoms with Crippen molar-refractivity contribution in [3.05, 3.63) is 63.9 Å². The number of hydrogen-bond donors (Lipinski definition) is 0. The van der Waals surface area contributed by atoms with Crippen LogP contribution in [0.5, 0.6) is 5.75 Å². The van der Waals surface area contributed by atoms with Crippen LogP contribution in [0.3, 0.4) is 0 Å². The Morgan fingerprint density at radius 1 is 1.09 bits per heavy atom. The van der Waals surface area contributed by atoms with Crippen molar-refractivity contribution in [2.24, 2.45) is 0 Å². The maximum Gasteiger partial charge on any atom is 0.315 e. The van der Waals surface area contributed by atoms with Crippen molar-refractivity contribution >= 4 is 28.5 Å². The zero-order valence-electron chi connectivity index (χ0n) is 13.3. The van der Waals surface area contributed by atoms with Crippen LogP contribution >= 0.6 is 11.6 Å². The molecule has 0 spiro atoms. The molecule has 4 heteroatoms. The molecule has 0 atom stereocenters. The highest BCUT2D eigenvalue weighted by atomic mass is 35.5. The van der Waals surface area contributed by atoms with Gasteiger partial charge in [-0.2, -0.15) is 0 Å². The predicted octanol–water partition coefficient (Wildman–Crippen LogP) is 5.16. The van der Waals surface area contributed by atoms with Gasteiger partial charge in [0.25, 0.3) is 0 Å². The summed E-state index contributed by atoms with van der Waals surface area (Å²) in [5, 5.41) is 1.50. The van der Waals surface area contributed by atoms with E-state index < -0.39 is 0 Å². The van der Waals surface area contributed by atoms with Gasteiger partial charge in [-0.25, -0.2) is 0 Å². The molecule has 0 bridgehead atoms. The molecule has 0 saturated heterocycles. The molecule has 3 rings (SSSR count). The van der Waals surface area contributed by atoms with E-state index in [2.05, 4.69) is 0 Å². The number of aryl methyl sites for hydroxylation is 3. The van der Waals surface area contributed by atoms with Gasteiger partial charge in [-0.1, -0.05) is 17.7 Å². The molecule has 118 valence electrons. The standard InChI is InChI=1S/C19H17ClO3/c1-11-4-12(2)6-15(5-11)23-19(21)8-14-10-22-18-7-13(3)17(20)9-16(14)18/h4-7,9-10H,8H2,1-3H3. The Hall–Kier alpha value is -2.26. The smallest absolute Gasteiger partial charge is 0.315 e. The number of esters is 1. The van der Waals surface area contributed by atoms with Crippen LogP contribution < -0.4 is 4.74 Å². The third kappa shape index (κ3) is 3.40. The molecule has 0 aliphatic rings. The fourth-order valence-corrected chi connectivity index (χ4v) is 2.82. The van der Waals surface area contributed by atoms with Gasteiger partial charge in [-0.15, -0.1) is 0 Å². The number of fused-ring (bicyclic) bond motifs is 1. The van der Waals surface area contributed by atoms with E-state index in [4.69, 9.17) is 20.8 Å². The van der Waals surface area contributed by atoms with Gasteiger partial charge in [0.2, 0.25) is 0 Å². The van der Waals surface area contributed by atoms with E-state index in [1.54, 1.807) is 6.26 Å². The first kappa shape index (κ1) is 15.6. The van der Waals surface area contributed by atoms with Crippen LogP contribution in [-0.2, 0) is 11.2 Å². The quantitative estimate of drug-likeness (QED) is 0.492. The van der Waals surface area contributed by atoms with Gasteiger partial charge in [0, 0.05) is 16.0 Å². The van der Waals surface area contributed by atoms with E-state index in [0.717, 1.165) is 33.2 Å². The van der Waals surface area contributed by atoms with Crippen LogP contribution in [0.2, 0.25) is 5.02 Å². The third-order valence-corrected chi connectivity index (χ3v) is 4.10. The highest BCUT2D eigenvalue weighted by molar-refractivity contribution is 6.32.